The van der Waals surface area contributed by atoms with Gasteiger partial charge in [0, 0.05) is 4.91 Å². The third-order valence-corrected chi connectivity index (χ3v) is 6.28. The molecular formula is C16H18O6S. The van der Waals surface area contributed by atoms with Gasteiger partial charge in [-0.05, 0) is 37.5 Å². The number of sulfone groups is 1. The monoisotopic (exact) mass is 338 g/mol. The zero-order chi connectivity index (χ0) is 17.3. The SMILES string of the molecule is COC(=O)C1(C(=O)OC)CCC(S(=O)(=O)c2ccccc2)=C1C. The van der Waals surface area contributed by atoms with Gasteiger partial charge in [0.05, 0.1) is 19.1 Å². The Balaban J connectivity index is 2.63. The van der Waals surface area contributed by atoms with Gasteiger partial charge in [-0.15, -0.1) is 0 Å². The van der Waals surface area contributed by atoms with Crippen molar-refractivity contribution in [2.45, 2.75) is 24.7 Å². The standard InChI is InChI=1S/C16H18O6S/c1-11-13(23(19,20)12-7-5-4-6-8-12)9-10-16(11,14(17)21-2)15(18)22-3/h4-8H,9-10H2,1-3H3. The molecule has 23 heavy (non-hydrogen) atoms. The van der Waals surface area contributed by atoms with E-state index in [0.717, 1.165) is 14.2 Å². The van der Waals surface area contributed by atoms with E-state index in [1.165, 1.54) is 19.1 Å². The summed E-state index contributed by atoms with van der Waals surface area (Å²) in [6.07, 6.45) is 0.0901. The first-order chi connectivity index (χ1) is 10.8. The van der Waals surface area contributed by atoms with Gasteiger partial charge in [-0.25, -0.2) is 8.42 Å². The quantitative estimate of drug-likeness (QED) is 0.615. The van der Waals surface area contributed by atoms with Gasteiger partial charge < -0.3 is 9.47 Å². The Labute approximate surface area is 135 Å². The van der Waals surface area contributed by atoms with Crippen LogP contribution in [0.25, 0.3) is 0 Å². The Morgan fingerprint density at radius 1 is 1.04 bits per heavy atom. The molecule has 0 spiro atoms. The average molecular weight is 338 g/mol. The molecule has 0 N–H and O–H groups in total. The predicted molar refractivity (Wildman–Crippen MR) is 82.0 cm³/mol. The summed E-state index contributed by atoms with van der Waals surface area (Å²) < 4.78 is 35.0. The molecule has 0 amide bonds. The molecule has 1 aliphatic rings. The number of hydrogen-bond acceptors (Lipinski definition) is 6. The third-order valence-electron chi connectivity index (χ3n) is 4.23. The number of rotatable bonds is 4. The van der Waals surface area contributed by atoms with Crippen molar-refractivity contribution in [2.24, 2.45) is 5.41 Å². The van der Waals surface area contributed by atoms with Crippen LogP contribution in [0.5, 0.6) is 0 Å². The number of benzene rings is 1. The van der Waals surface area contributed by atoms with E-state index < -0.39 is 27.2 Å². The van der Waals surface area contributed by atoms with Crippen molar-refractivity contribution in [3.05, 3.63) is 40.8 Å². The fraction of sp³-hybridized carbons (Fsp3) is 0.375. The maximum Gasteiger partial charge on any atom is 0.327 e. The summed E-state index contributed by atoms with van der Waals surface area (Å²) in [5.74, 6) is -1.61. The van der Waals surface area contributed by atoms with E-state index in [1.807, 2.05) is 0 Å². The molecule has 6 nitrogen and oxygen atoms in total. The fourth-order valence-electron chi connectivity index (χ4n) is 2.93. The molecule has 0 saturated heterocycles. The molecule has 1 aromatic carbocycles. The third kappa shape index (κ3) is 2.55. The molecule has 0 bridgehead atoms. The average Bonchev–Trinajstić information content (AvgIpc) is 2.93. The lowest BCUT2D eigenvalue weighted by molar-refractivity contribution is -0.165. The minimum absolute atomic E-state index is 0.0135. The van der Waals surface area contributed by atoms with Crippen LogP contribution in [-0.4, -0.2) is 34.6 Å². The van der Waals surface area contributed by atoms with Gasteiger partial charge in [-0.3, -0.25) is 9.59 Å². The second-order valence-corrected chi connectivity index (χ2v) is 7.22. The first-order valence-corrected chi connectivity index (χ1v) is 8.48. The normalized spacial score (nSPS) is 17.0. The van der Waals surface area contributed by atoms with Crippen molar-refractivity contribution >= 4 is 21.8 Å². The van der Waals surface area contributed by atoms with Crippen molar-refractivity contribution in [3.63, 3.8) is 0 Å². The van der Waals surface area contributed by atoms with Gasteiger partial charge in [0.15, 0.2) is 5.41 Å². The molecule has 1 aromatic rings. The van der Waals surface area contributed by atoms with Crippen molar-refractivity contribution in [2.75, 3.05) is 14.2 Å². The number of carbonyl (C=O) groups is 2. The van der Waals surface area contributed by atoms with Crippen molar-refractivity contribution in [3.8, 4) is 0 Å². The predicted octanol–water partition coefficient (Wildman–Crippen LogP) is 1.86. The van der Waals surface area contributed by atoms with Gasteiger partial charge in [0.25, 0.3) is 0 Å². The Bertz CT molecular complexity index is 745. The minimum Gasteiger partial charge on any atom is -0.468 e. The minimum atomic E-state index is -3.78. The second-order valence-electron chi connectivity index (χ2n) is 5.25. The van der Waals surface area contributed by atoms with E-state index in [9.17, 15) is 18.0 Å². The molecule has 0 atom stereocenters. The van der Waals surface area contributed by atoms with Crippen LogP contribution in [0.2, 0.25) is 0 Å². The highest BCUT2D eigenvalue weighted by molar-refractivity contribution is 7.95. The van der Waals surface area contributed by atoms with E-state index in [2.05, 4.69) is 0 Å². The number of allylic oxidation sites excluding steroid dienone is 1. The summed E-state index contributed by atoms with van der Waals surface area (Å²) >= 11 is 0. The van der Waals surface area contributed by atoms with Crippen LogP contribution in [0.15, 0.2) is 45.7 Å². The summed E-state index contributed by atoms with van der Waals surface area (Å²) in [5.41, 5.74) is -1.53. The Kier molecular flexibility index (Phi) is 4.61. The van der Waals surface area contributed by atoms with Crippen LogP contribution in [0.4, 0.5) is 0 Å². The van der Waals surface area contributed by atoms with Crippen molar-refractivity contribution < 1.29 is 27.5 Å². The summed E-state index contributed by atoms with van der Waals surface area (Å²) in [6, 6.07) is 7.90. The van der Waals surface area contributed by atoms with E-state index in [-0.39, 0.29) is 28.2 Å². The van der Waals surface area contributed by atoms with Gasteiger partial charge in [0.1, 0.15) is 0 Å². The molecule has 0 unspecified atom stereocenters. The van der Waals surface area contributed by atoms with Crippen LogP contribution in [0, 0.1) is 5.41 Å². The molecule has 7 heteroatoms. The van der Waals surface area contributed by atoms with Gasteiger partial charge in [-0.1, -0.05) is 18.2 Å². The van der Waals surface area contributed by atoms with Crippen LogP contribution in [-0.2, 0) is 28.9 Å². The summed E-state index contributed by atoms with van der Waals surface area (Å²) in [7, 11) is -1.46. The Morgan fingerprint density at radius 3 is 2.04 bits per heavy atom. The highest BCUT2D eigenvalue weighted by Crippen LogP contribution is 2.47. The summed E-state index contributed by atoms with van der Waals surface area (Å²) in [5, 5.41) is 0. The van der Waals surface area contributed by atoms with E-state index in [4.69, 9.17) is 9.47 Å². The molecule has 2 rings (SSSR count). The summed E-state index contributed by atoms with van der Waals surface area (Å²) in [4.78, 5) is 24.6. The molecule has 124 valence electrons. The lowest BCUT2D eigenvalue weighted by Crippen LogP contribution is -2.40. The zero-order valence-corrected chi connectivity index (χ0v) is 14.0. The largest absolute Gasteiger partial charge is 0.468 e. The number of esters is 2. The smallest absolute Gasteiger partial charge is 0.327 e. The Hall–Kier alpha value is -2.15. The molecule has 0 aromatic heterocycles. The molecule has 0 fully saturated rings. The Morgan fingerprint density at radius 2 is 1.57 bits per heavy atom. The van der Waals surface area contributed by atoms with Crippen LogP contribution >= 0.6 is 0 Å². The maximum atomic E-state index is 12.8. The van der Waals surface area contributed by atoms with Crippen molar-refractivity contribution in [1.82, 2.24) is 0 Å². The number of ether oxygens (including phenoxy) is 2. The molecule has 0 aliphatic heterocycles. The van der Waals surface area contributed by atoms with Gasteiger partial charge in [0.2, 0.25) is 9.84 Å². The van der Waals surface area contributed by atoms with E-state index >= 15 is 0 Å². The second kappa shape index (κ2) is 6.16. The topological polar surface area (TPSA) is 86.7 Å². The highest BCUT2D eigenvalue weighted by Gasteiger charge is 2.55. The molecule has 1 aliphatic carbocycles. The fourth-order valence-corrected chi connectivity index (χ4v) is 4.68. The maximum absolute atomic E-state index is 12.8. The van der Waals surface area contributed by atoms with E-state index in [1.54, 1.807) is 18.2 Å². The van der Waals surface area contributed by atoms with Crippen LogP contribution < -0.4 is 0 Å². The molecule has 0 saturated carbocycles. The lowest BCUT2D eigenvalue weighted by atomic mass is 9.82. The van der Waals surface area contributed by atoms with Gasteiger partial charge >= 0.3 is 11.9 Å². The number of hydrogen-bond donors (Lipinski definition) is 0. The molecular weight excluding hydrogens is 320 g/mol. The first kappa shape index (κ1) is 17.2. The number of carbonyl (C=O) groups excluding carboxylic acids is 2. The number of methoxy groups -OCH3 is 2. The van der Waals surface area contributed by atoms with Gasteiger partial charge in [-0.2, -0.15) is 0 Å². The van der Waals surface area contributed by atoms with Crippen molar-refractivity contribution in [1.29, 1.82) is 0 Å². The highest BCUT2D eigenvalue weighted by atomic mass is 32.2. The van der Waals surface area contributed by atoms with E-state index in [0.29, 0.717) is 0 Å². The summed E-state index contributed by atoms with van der Waals surface area (Å²) in [6.45, 7) is 1.47. The molecule has 0 radical (unpaired) electrons. The van der Waals surface area contributed by atoms with Crippen LogP contribution in [0.1, 0.15) is 19.8 Å². The zero-order valence-electron chi connectivity index (χ0n) is 13.2. The first-order valence-electron chi connectivity index (χ1n) is 6.99. The lowest BCUT2D eigenvalue weighted by Gasteiger charge is -2.24. The van der Waals surface area contributed by atoms with Crippen LogP contribution in [0.3, 0.4) is 0 Å². The molecule has 0 heterocycles.